The van der Waals surface area contributed by atoms with E-state index in [-0.39, 0.29) is 11.4 Å². The van der Waals surface area contributed by atoms with Crippen molar-refractivity contribution in [3.8, 4) is 5.75 Å². The molecule has 1 fully saturated rings. The van der Waals surface area contributed by atoms with Gasteiger partial charge in [-0.2, -0.15) is 0 Å². The molecule has 14 nitrogen and oxygen atoms in total. The van der Waals surface area contributed by atoms with Crippen molar-refractivity contribution < 1.29 is 54.3 Å². The molecular formula is C18H24N2O12. The molecule has 0 aromatic heterocycles. The number of hydrogen-bond acceptors (Lipinski definition) is 12. The number of esters is 1. The fourth-order valence-electron chi connectivity index (χ4n) is 3.20. The Kier molecular flexibility index (Phi) is 8.43. The lowest BCUT2D eigenvalue weighted by Gasteiger charge is -2.46. The fourth-order valence-corrected chi connectivity index (χ4v) is 3.20. The summed E-state index contributed by atoms with van der Waals surface area (Å²) in [6.07, 6.45) is -7.70. The molecule has 6 atom stereocenters. The maximum absolute atomic E-state index is 12.6. The summed E-state index contributed by atoms with van der Waals surface area (Å²) in [6, 6.07) is 3.07. The van der Waals surface area contributed by atoms with Crippen LogP contribution in [0.4, 0.5) is 5.69 Å². The third-order valence-corrected chi connectivity index (χ3v) is 4.79. The Balaban J connectivity index is 2.44. The van der Waals surface area contributed by atoms with Gasteiger partial charge < -0.3 is 45.1 Å². The number of rotatable bonds is 9. The Bertz CT molecular complexity index is 819. The smallest absolute Gasteiger partial charge is 0.379 e. The van der Waals surface area contributed by atoms with Gasteiger partial charge in [0.15, 0.2) is 0 Å². The molecular weight excluding hydrogens is 436 g/mol. The van der Waals surface area contributed by atoms with E-state index in [1.807, 2.05) is 0 Å². The Labute approximate surface area is 181 Å². The minimum atomic E-state index is -2.40. The fraction of sp³-hybridized carbons (Fsp3) is 0.556. The van der Waals surface area contributed by atoms with E-state index in [0.717, 1.165) is 31.4 Å². The Morgan fingerprint density at radius 3 is 2.44 bits per heavy atom. The first-order valence-electron chi connectivity index (χ1n) is 9.33. The van der Waals surface area contributed by atoms with E-state index in [1.54, 1.807) is 0 Å². The Hall–Kier alpha value is -2.88. The number of non-ortho nitro benzene ring substituents is 1. The number of nitrogens with one attached hydrogen (secondary N) is 1. The number of nitrogens with zero attached hydrogens (tertiary/aromatic N) is 1. The average molecular weight is 460 g/mol. The summed E-state index contributed by atoms with van der Waals surface area (Å²) >= 11 is 0. The minimum Gasteiger partial charge on any atom is -0.464 e. The molecule has 0 unspecified atom stereocenters. The van der Waals surface area contributed by atoms with Crippen LogP contribution in [0, 0.1) is 10.1 Å². The Morgan fingerprint density at radius 2 is 1.94 bits per heavy atom. The molecule has 178 valence electrons. The van der Waals surface area contributed by atoms with Crippen molar-refractivity contribution in [1.82, 2.24) is 5.32 Å². The SMILES string of the molecule is COC(=O)[C@@]1(Oc2ccc([N+](=O)[O-])cc2)C[C@H](O)[C@@H](NC(=O)CO)[C@H]([C@H](O)[C@H](O)CO)O1. The van der Waals surface area contributed by atoms with Gasteiger partial charge in [-0.05, 0) is 12.1 Å². The Morgan fingerprint density at radius 1 is 1.31 bits per heavy atom. The van der Waals surface area contributed by atoms with Gasteiger partial charge in [-0.25, -0.2) is 4.79 Å². The molecule has 1 aromatic carbocycles. The van der Waals surface area contributed by atoms with Crippen molar-refractivity contribution in [1.29, 1.82) is 0 Å². The van der Waals surface area contributed by atoms with Crippen molar-refractivity contribution >= 4 is 17.6 Å². The highest BCUT2D eigenvalue weighted by Crippen LogP contribution is 2.35. The highest BCUT2D eigenvalue weighted by Gasteiger charge is 2.57. The van der Waals surface area contributed by atoms with E-state index >= 15 is 0 Å². The molecule has 6 N–H and O–H groups in total. The van der Waals surface area contributed by atoms with Crippen LogP contribution in [-0.4, -0.2) is 98.9 Å². The summed E-state index contributed by atoms with van der Waals surface area (Å²) < 4.78 is 15.9. The van der Waals surface area contributed by atoms with Gasteiger partial charge in [0.05, 0.1) is 37.2 Å². The quantitative estimate of drug-likeness (QED) is 0.125. The summed E-state index contributed by atoms with van der Waals surface area (Å²) in [7, 11) is 0.993. The lowest BCUT2D eigenvalue weighted by molar-refractivity contribution is -0.384. The van der Waals surface area contributed by atoms with E-state index in [4.69, 9.17) is 19.3 Å². The number of carbonyl (C=O) groups is 2. The van der Waals surface area contributed by atoms with Gasteiger partial charge in [-0.1, -0.05) is 0 Å². The minimum absolute atomic E-state index is 0.0954. The predicted octanol–water partition coefficient (Wildman–Crippen LogP) is -2.82. The molecule has 0 radical (unpaired) electrons. The summed E-state index contributed by atoms with van der Waals surface area (Å²) in [5.74, 6) is -4.60. The van der Waals surface area contributed by atoms with Gasteiger partial charge in [0.25, 0.3) is 5.69 Å². The lowest BCUT2D eigenvalue weighted by Crippen LogP contribution is -2.69. The number of aliphatic hydroxyl groups excluding tert-OH is 5. The second-order valence-corrected chi connectivity index (χ2v) is 6.94. The summed E-state index contributed by atoms with van der Waals surface area (Å²) in [5, 5.41) is 62.1. The van der Waals surface area contributed by atoms with Crippen molar-refractivity contribution in [2.24, 2.45) is 0 Å². The molecule has 2 rings (SSSR count). The summed E-state index contributed by atoms with van der Waals surface area (Å²) in [5.41, 5.74) is -0.264. The highest BCUT2D eigenvalue weighted by molar-refractivity contribution is 5.79. The molecule has 0 aliphatic carbocycles. The van der Waals surface area contributed by atoms with Crippen LogP contribution in [0.5, 0.6) is 5.75 Å². The van der Waals surface area contributed by atoms with Crippen LogP contribution in [0.3, 0.4) is 0 Å². The van der Waals surface area contributed by atoms with Crippen LogP contribution < -0.4 is 10.1 Å². The molecule has 0 bridgehead atoms. The zero-order valence-electron chi connectivity index (χ0n) is 16.9. The van der Waals surface area contributed by atoms with Crippen molar-refractivity contribution in [2.75, 3.05) is 20.3 Å². The first kappa shape index (κ1) is 25.4. The summed E-state index contributed by atoms with van der Waals surface area (Å²) in [6.45, 7) is -1.89. The molecule has 14 heteroatoms. The van der Waals surface area contributed by atoms with Crippen LogP contribution in [0.1, 0.15) is 6.42 Å². The van der Waals surface area contributed by atoms with Gasteiger partial charge in [0, 0.05) is 12.1 Å². The summed E-state index contributed by atoms with van der Waals surface area (Å²) in [4.78, 5) is 34.4. The average Bonchev–Trinajstić information content (AvgIpc) is 2.79. The van der Waals surface area contributed by atoms with Crippen molar-refractivity contribution in [2.45, 2.75) is 42.7 Å². The van der Waals surface area contributed by atoms with Gasteiger partial charge in [0.1, 0.15) is 30.7 Å². The zero-order valence-corrected chi connectivity index (χ0v) is 16.9. The number of methoxy groups -OCH3 is 1. The van der Waals surface area contributed by atoms with Crippen LogP contribution in [0.2, 0.25) is 0 Å². The number of hydrogen-bond donors (Lipinski definition) is 6. The van der Waals surface area contributed by atoms with Gasteiger partial charge in [-0.15, -0.1) is 0 Å². The van der Waals surface area contributed by atoms with Crippen LogP contribution in [0.15, 0.2) is 24.3 Å². The molecule has 1 saturated heterocycles. The van der Waals surface area contributed by atoms with E-state index in [1.165, 1.54) is 0 Å². The highest BCUT2D eigenvalue weighted by atomic mass is 16.7. The van der Waals surface area contributed by atoms with Gasteiger partial charge >= 0.3 is 11.8 Å². The predicted molar refractivity (Wildman–Crippen MR) is 102 cm³/mol. The van der Waals surface area contributed by atoms with Crippen LogP contribution in [0.25, 0.3) is 0 Å². The number of nitro benzene ring substituents is 1. The number of nitro groups is 1. The third kappa shape index (κ3) is 5.48. The zero-order chi connectivity index (χ0) is 24.1. The molecule has 0 spiro atoms. The third-order valence-electron chi connectivity index (χ3n) is 4.79. The first-order chi connectivity index (χ1) is 15.1. The molecule has 1 aromatic rings. The van der Waals surface area contributed by atoms with Crippen LogP contribution in [-0.2, 0) is 19.1 Å². The number of aliphatic hydroxyl groups is 5. The number of ether oxygens (including phenoxy) is 3. The van der Waals surface area contributed by atoms with E-state index in [2.05, 4.69) is 5.32 Å². The van der Waals surface area contributed by atoms with E-state index < -0.39 is 72.7 Å². The molecule has 1 amide bonds. The monoisotopic (exact) mass is 460 g/mol. The van der Waals surface area contributed by atoms with Gasteiger partial charge in [0.2, 0.25) is 5.91 Å². The topological polar surface area (TPSA) is 218 Å². The normalized spacial score (nSPS) is 27.1. The molecule has 1 heterocycles. The first-order valence-corrected chi connectivity index (χ1v) is 9.33. The van der Waals surface area contributed by atoms with Crippen LogP contribution >= 0.6 is 0 Å². The van der Waals surface area contributed by atoms with Gasteiger partial charge in [-0.3, -0.25) is 14.9 Å². The molecule has 1 aliphatic heterocycles. The van der Waals surface area contributed by atoms with Crippen molar-refractivity contribution in [3.05, 3.63) is 34.4 Å². The van der Waals surface area contributed by atoms with Crippen molar-refractivity contribution in [3.63, 3.8) is 0 Å². The maximum Gasteiger partial charge on any atom is 0.379 e. The largest absolute Gasteiger partial charge is 0.464 e. The molecule has 1 aliphatic rings. The standard InChI is InChI=1S/C18H24N2O12/c1-30-17(27)18(31-10-4-2-9(3-5-10)20(28)29)6-11(23)14(19-13(25)8-22)16(32-18)15(26)12(24)7-21/h2-5,11-12,14-16,21-24,26H,6-8H2,1H3,(H,19,25)/t11-,12+,14+,15+,16+,18+/m0/s1. The second-order valence-electron chi connectivity index (χ2n) is 6.94. The van der Waals surface area contributed by atoms with E-state index in [0.29, 0.717) is 0 Å². The molecule has 32 heavy (non-hydrogen) atoms. The molecule has 0 saturated carbocycles. The second kappa shape index (κ2) is 10.6. The lowest BCUT2D eigenvalue weighted by atomic mass is 9.88. The number of benzene rings is 1. The van der Waals surface area contributed by atoms with E-state index in [9.17, 15) is 40.1 Å². The number of amides is 1. The maximum atomic E-state index is 12.6. The number of carbonyl (C=O) groups excluding carboxylic acids is 2.